The highest BCUT2D eigenvalue weighted by atomic mass is 16.5. The highest BCUT2D eigenvalue weighted by Gasteiger charge is 2.19. The van der Waals surface area contributed by atoms with Crippen LogP contribution in [-0.4, -0.2) is 47.4 Å². The number of guanidine groups is 1. The van der Waals surface area contributed by atoms with Gasteiger partial charge in [-0.1, -0.05) is 24.3 Å². The summed E-state index contributed by atoms with van der Waals surface area (Å²) < 4.78 is 8.02. The van der Waals surface area contributed by atoms with E-state index in [1.807, 2.05) is 24.1 Å². The number of nitrogens with zero attached hydrogens (tertiary/aromatic N) is 4. The fraction of sp³-hybridized carbons (Fsp3) is 0.545. The van der Waals surface area contributed by atoms with Crippen molar-refractivity contribution in [1.29, 1.82) is 0 Å². The number of hydrogen-bond acceptors (Lipinski definition) is 3. The summed E-state index contributed by atoms with van der Waals surface area (Å²) in [7, 11) is 4.00. The normalized spacial score (nSPS) is 16.7. The van der Waals surface area contributed by atoms with Gasteiger partial charge in [0.1, 0.15) is 0 Å². The molecular formula is C22H33N5O. The van der Waals surface area contributed by atoms with Crippen molar-refractivity contribution in [2.24, 2.45) is 12.0 Å². The van der Waals surface area contributed by atoms with Crippen LogP contribution >= 0.6 is 0 Å². The molecule has 1 aromatic carbocycles. The van der Waals surface area contributed by atoms with Gasteiger partial charge in [-0.15, -0.1) is 0 Å². The lowest BCUT2D eigenvalue weighted by atomic mass is 9.89. The Bertz CT molecular complexity index is 770. The minimum Gasteiger partial charge on any atom is -0.373 e. The molecule has 1 aliphatic rings. The summed E-state index contributed by atoms with van der Waals surface area (Å²) in [5.74, 6) is 0.925. The van der Waals surface area contributed by atoms with E-state index < -0.39 is 0 Å². The lowest BCUT2D eigenvalue weighted by Gasteiger charge is -2.25. The van der Waals surface area contributed by atoms with Gasteiger partial charge >= 0.3 is 0 Å². The minimum atomic E-state index is 0.246. The van der Waals surface area contributed by atoms with Gasteiger partial charge in [-0.25, -0.2) is 0 Å². The van der Waals surface area contributed by atoms with E-state index in [2.05, 4.69) is 53.6 Å². The molecule has 1 N–H and O–H groups in total. The van der Waals surface area contributed by atoms with Crippen molar-refractivity contribution in [2.75, 3.05) is 26.7 Å². The average molecular weight is 384 g/mol. The topological polar surface area (TPSA) is 54.7 Å². The van der Waals surface area contributed by atoms with E-state index in [0.717, 1.165) is 45.0 Å². The number of aryl methyl sites for hydroxylation is 2. The van der Waals surface area contributed by atoms with E-state index in [4.69, 9.17) is 9.73 Å². The Hall–Kier alpha value is -2.34. The van der Waals surface area contributed by atoms with Crippen molar-refractivity contribution in [3.8, 4) is 0 Å². The number of benzene rings is 1. The highest BCUT2D eigenvalue weighted by Crippen LogP contribution is 2.32. The maximum absolute atomic E-state index is 6.20. The van der Waals surface area contributed by atoms with Gasteiger partial charge < -0.3 is 15.0 Å². The monoisotopic (exact) mass is 383 g/mol. The number of fused-ring (bicyclic) bond motifs is 1. The zero-order chi connectivity index (χ0) is 19.8. The first-order valence-electron chi connectivity index (χ1n) is 10.3. The molecule has 0 saturated carbocycles. The molecule has 0 saturated heterocycles. The van der Waals surface area contributed by atoms with Gasteiger partial charge in [0.15, 0.2) is 5.96 Å². The first kappa shape index (κ1) is 20.4. The van der Waals surface area contributed by atoms with Gasteiger partial charge in [0.25, 0.3) is 0 Å². The number of ether oxygens (including phenoxy) is 1. The average Bonchev–Trinajstić information content (AvgIpc) is 3.11. The van der Waals surface area contributed by atoms with Crippen molar-refractivity contribution in [2.45, 2.75) is 45.3 Å². The molecule has 6 heteroatoms. The third kappa shape index (κ3) is 5.58. The summed E-state index contributed by atoms with van der Waals surface area (Å²) in [6.45, 7) is 5.24. The maximum atomic E-state index is 6.20. The molecule has 2 aromatic rings. The fourth-order valence-corrected chi connectivity index (χ4v) is 3.73. The molecule has 152 valence electrons. The molecule has 0 amide bonds. The zero-order valence-electron chi connectivity index (χ0n) is 17.4. The molecule has 28 heavy (non-hydrogen) atoms. The molecule has 6 nitrogen and oxygen atoms in total. The van der Waals surface area contributed by atoms with Crippen LogP contribution in [0.3, 0.4) is 0 Å². The molecule has 0 spiro atoms. The molecule has 1 unspecified atom stereocenters. The predicted molar refractivity (Wildman–Crippen MR) is 113 cm³/mol. The molecule has 3 rings (SSSR count). The van der Waals surface area contributed by atoms with Crippen LogP contribution in [0, 0.1) is 0 Å². The van der Waals surface area contributed by atoms with E-state index in [1.54, 1.807) is 0 Å². The molecule has 1 aromatic heterocycles. The van der Waals surface area contributed by atoms with Crippen molar-refractivity contribution >= 4 is 5.96 Å². The van der Waals surface area contributed by atoms with E-state index in [0.29, 0.717) is 0 Å². The Labute approximate surface area is 168 Å². The second kappa shape index (κ2) is 10.3. The molecule has 0 fully saturated rings. The Morgan fingerprint density at radius 2 is 2.25 bits per heavy atom. The predicted octanol–water partition coefficient (Wildman–Crippen LogP) is 3.30. The lowest BCUT2D eigenvalue weighted by molar-refractivity contribution is 0.0402. The van der Waals surface area contributed by atoms with Gasteiger partial charge in [0.05, 0.1) is 12.3 Å². The summed E-state index contributed by atoms with van der Waals surface area (Å²) in [6.07, 6.45) is 8.62. The van der Waals surface area contributed by atoms with Crippen LogP contribution < -0.4 is 5.32 Å². The first-order valence-corrected chi connectivity index (χ1v) is 10.3. The minimum absolute atomic E-state index is 0.246. The second-order valence-corrected chi connectivity index (χ2v) is 7.42. The van der Waals surface area contributed by atoms with Crippen LogP contribution in [0.5, 0.6) is 0 Å². The van der Waals surface area contributed by atoms with Crippen LogP contribution in [0.25, 0.3) is 0 Å². The summed E-state index contributed by atoms with van der Waals surface area (Å²) >= 11 is 0. The molecule has 0 bridgehead atoms. The van der Waals surface area contributed by atoms with Crippen LogP contribution in [0.1, 0.15) is 49.0 Å². The molecule has 0 aliphatic heterocycles. The fourth-order valence-electron chi connectivity index (χ4n) is 3.73. The molecular weight excluding hydrogens is 350 g/mol. The number of nitrogens with one attached hydrogen (secondary N) is 1. The van der Waals surface area contributed by atoms with Crippen molar-refractivity contribution < 1.29 is 4.74 Å². The third-order valence-corrected chi connectivity index (χ3v) is 5.07. The molecule has 0 radical (unpaired) electrons. The van der Waals surface area contributed by atoms with Crippen molar-refractivity contribution in [3.63, 3.8) is 0 Å². The summed E-state index contributed by atoms with van der Waals surface area (Å²) in [5, 5.41) is 7.61. The second-order valence-electron chi connectivity index (χ2n) is 7.42. The van der Waals surface area contributed by atoms with Crippen LogP contribution in [0.4, 0.5) is 0 Å². The number of aliphatic imine (C=N–C) groups is 1. The lowest BCUT2D eigenvalue weighted by Crippen LogP contribution is -2.38. The summed E-state index contributed by atoms with van der Waals surface area (Å²) in [4.78, 5) is 6.91. The van der Waals surface area contributed by atoms with E-state index in [-0.39, 0.29) is 6.10 Å². The van der Waals surface area contributed by atoms with E-state index in [9.17, 15) is 0 Å². The van der Waals surface area contributed by atoms with Crippen molar-refractivity contribution in [3.05, 3.63) is 53.3 Å². The molecule has 1 aliphatic carbocycles. The van der Waals surface area contributed by atoms with Gasteiger partial charge in [-0.3, -0.25) is 9.67 Å². The first-order chi connectivity index (χ1) is 13.7. The highest BCUT2D eigenvalue weighted by molar-refractivity contribution is 5.79. The molecule has 1 heterocycles. The molecule has 1 atom stereocenters. The zero-order valence-corrected chi connectivity index (χ0v) is 17.4. The van der Waals surface area contributed by atoms with Gasteiger partial charge in [0.2, 0.25) is 0 Å². The number of aromatic nitrogens is 2. The smallest absolute Gasteiger partial charge is 0.193 e. The van der Waals surface area contributed by atoms with E-state index >= 15 is 0 Å². The maximum Gasteiger partial charge on any atom is 0.193 e. The largest absolute Gasteiger partial charge is 0.373 e. The number of hydrogen-bond donors (Lipinski definition) is 1. The standard InChI is InChI=1S/C22H33N5O/c1-4-23-22(26(2)16-18-15-25-27(3)17-18)24-13-8-14-28-21-12-7-10-19-9-5-6-11-20(19)21/h5-6,9,11,15,17,21H,4,7-8,10,12-14,16H2,1-3H3,(H,23,24). The SMILES string of the molecule is CCNC(=NCCCOC1CCCc2ccccc21)N(C)Cc1cnn(C)c1. The Balaban J connectivity index is 1.46. The van der Waals surface area contributed by atoms with Crippen LogP contribution in [0.2, 0.25) is 0 Å². The summed E-state index contributed by atoms with van der Waals surface area (Å²) in [5.41, 5.74) is 4.00. The Morgan fingerprint density at radius 1 is 1.39 bits per heavy atom. The number of rotatable bonds is 8. The van der Waals surface area contributed by atoms with Crippen molar-refractivity contribution in [1.82, 2.24) is 20.0 Å². The Morgan fingerprint density at radius 3 is 3.04 bits per heavy atom. The quantitative estimate of drug-likeness (QED) is 0.432. The Kier molecular flexibility index (Phi) is 7.48. The van der Waals surface area contributed by atoms with Gasteiger partial charge in [-0.2, -0.15) is 5.10 Å². The van der Waals surface area contributed by atoms with Crippen LogP contribution in [0.15, 0.2) is 41.7 Å². The van der Waals surface area contributed by atoms with Gasteiger partial charge in [0, 0.05) is 52.1 Å². The van der Waals surface area contributed by atoms with E-state index in [1.165, 1.54) is 29.5 Å². The van der Waals surface area contributed by atoms with Crippen LogP contribution in [-0.2, 0) is 24.8 Å². The van der Waals surface area contributed by atoms with Gasteiger partial charge in [-0.05, 0) is 43.7 Å². The third-order valence-electron chi connectivity index (χ3n) is 5.07. The summed E-state index contributed by atoms with van der Waals surface area (Å²) in [6, 6.07) is 8.69.